The van der Waals surface area contributed by atoms with Crippen LogP contribution in [0.4, 0.5) is 16.3 Å². The maximum absolute atomic E-state index is 12.3. The van der Waals surface area contributed by atoms with Crippen LogP contribution in [0.25, 0.3) is 0 Å². The largest absolute Gasteiger partial charge is 0.491 e. The number of likely N-dealkylation sites (tertiary alicyclic amines) is 1. The molecule has 1 aromatic carbocycles. The van der Waals surface area contributed by atoms with Gasteiger partial charge in [0.25, 0.3) is 0 Å². The highest BCUT2D eigenvalue weighted by Crippen LogP contribution is 2.27. The van der Waals surface area contributed by atoms with Crippen molar-refractivity contribution in [1.29, 1.82) is 0 Å². The normalized spacial score (nSPS) is 17.0. The smallest absolute Gasteiger partial charge is 0.324 e. The van der Waals surface area contributed by atoms with Gasteiger partial charge >= 0.3 is 6.03 Å². The van der Waals surface area contributed by atoms with E-state index in [1.165, 1.54) is 38.5 Å². The van der Waals surface area contributed by atoms with Crippen LogP contribution in [0.2, 0.25) is 0 Å². The highest BCUT2D eigenvalue weighted by Gasteiger charge is 2.17. The standard InChI is InChI=1S/C22H31N5O2.2H2/c1-16-8-9-20(29-11-5-7-18-6-4-10-27(3)15-18)19(12-16)25-22(28)26-21-14-23-17(2)13-24-21;;/h8-9,12-14,18H,4-7,10-11,15H2,1-3H3,(H2,24,25,26,28);2*1H. The van der Waals surface area contributed by atoms with Gasteiger partial charge in [0.1, 0.15) is 5.75 Å². The zero-order valence-electron chi connectivity index (χ0n) is 17.6. The Labute approximate surface area is 175 Å². The number of hydrogen-bond acceptors (Lipinski definition) is 5. The quantitative estimate of drug-likeness (QED) is 0.656. The molecule has 2 aromatic rings. The van der Waals surface area contributed by atoms with E-state index in [9.17, 15) is 4.79 Å². The predicted molar refractivity (Wildman–Crippen MR) is 120 cm³/mol. The molecule has 0 bridgehead atoms. The molecule has 2 heterocycles. The van der Waals surface area contributed by atoms with Crippen molar-refractivity contribution in [2.75, 3.05) is 37.4 Å². The number of ether oxygens (including phenoxy) is 1. The summed E-state index contributed by atoms with van der Waals surface area (Å²) in [4.78, 5) is 23.0. The maximum atomic E-state index is 12.3. The number of nitrogens with zero attached hydrogens (tertiary/aromatic N) is 3. The molecule has 3 rings (SSSR count). The fraction of sp³-hybridized carbons (Fsp3) is 0.500. The molecule has 1 atom stereocenters. The molecule has 2 N–H and O–H groups in total. The number of aromatic nitrogens is 2. The number of anilines is 2. The van der Waals surface area contributed by atoms with E-state index >= 15 is 0 Å². The molecule has 1 unspecified atom stereocenters. The summed E-state index contributed by atoms with van der Waals surface area (Å²) in [6.45, 7) is 6.86. The summed E-state index contributed by atoms with van der Waals surface area (Å²) in [5.41, 5.74) is 2.50. The van der Waals surface area contributed by atoms with Gasteiger partial charge in [-0.25, -0.2) is 9.78 Å². The third-order valence-corrected chi connectivity index (χ3v) is 5.14. The van der Waals surface area contributed by atoms with Gasteiger partial charge in [0.05, 0.1) is 30.4 Å². The molecule has 1 fully saturated rings. The van der Waals surface area contributed by atoms with E-state index in [0.29, 0.717) is 23.9 Å². The minimum absolute atomic E-state index is 0. The summed E-state index contributed by atoms with van der Waals surface area (Å²) in [5.74, 6) is 1.84. The second-order valence-corrected chi connectivity index (χ2v) is 7.88. The SMILES string of the molecule is Cc1ccc(OCCCC2CCCN(C)C2)c(NC(=O)Nc2cnc(C)cn2)c1.[HH].[HH]. The number of benzene rings is 1. The summed E-state index contributed by atoms with van der Waals surface area (Å²) >= 11 is 0. The Kier molecular flexibility index (Phi) is 7.41. The summed E-state index contributed by atoms with van der Waals surface area (Å²) in [7, 11) is 2.19. The lowest BCUT2D eigenvalue weighted by Crippen LogP contribution is -2.32. The lowest BCUT2D eigenvalue weighted by molar-refractivity contribution is 0.191. The van der Waals surface area contributed by atoms with Crippen LogP contribution < -0.4 is 15.4 Å². The van der Waals surface area contributed by atoms with Crippen molar-refractivity contribution in [3.05, 3.63) is 41.9 Å². The summed E-state index contributed by atoms with van der Waals surface area (Å²) in [6.07, 6.45) is 7.92. The van der Waals surface area contributed by atoms with E-state index in [-0.39, 0.29) is 8.88 Å². The van der Waals surface area contributed by atoms with E-state index in [1.54, 1.807) is 6.20 Å². The van der Waals surface area contributed by atoms with Crippen LogP contribution >= 0.6 is 0 Å². The maximum Gasteiger partial charge on any atom is 0.324 e. The zero-order chi connectivity index (χ0) is 20.6. The highest BCUT2D eigenvalue weighted by molar-refractivity contribution is 6.00. The van der Waals surface area contributed by atoms with E-state index in [1.807, 2.05) is 32.0 Å². The molecular weight excluding hydrogens is 366 g/mol. The molecule has 0 spiro atoms. The Morgan fingerprint density at radius 3 is 2.90 bits per heavy atom. The number of rotatable bonds is 7. The lowest BCUT2D eigenvalue weighted by atomic mass is 9.94. The van der Waals surface area contributed by atoms with Gasteiger partial charge in [0, 0.05) is 9.40 Å². The van der Waals surface area contributed by atoms with Crippen molar-refractivity contribution in [2.45, 2.75) is 39.5 Å². The monoisotopic (exact) mass is 401 g/mol. The predicted octanol–water partition coefficient (Wildman–Crippen LogP) is 4.73. The molecular formula is C22H35N5O2. The van der Waals surface area contributed by atoms with Crippen LogP contribution in [0.3, 0.4) is 0 Å². The molecule has 29 heavy (non-hydrogen) atoms. The third-order valence-electron chi connectivity index (χ3n) is 5.14. The number of aryl methyl sites for hydroxylation is 2. The van der Waals surface area contributed by atoms with Crippen molar-refractivity contribution in [1.82, 2.24) is 14.9 Å². The van der Waals surface area contributed by atoms with Gasteiger partial charge in [-0.1, -0.05) is 6.07 Å². The second kappa shape index (κ2) is 10.2. The van der Waals surface area contributed by atoms with E-state index in [0.717, 1.165) is 23.6 Å². The van der Waals surface area contributed by atoms with Crippen LogP contribution in [-0.4, -0.2) is 47.6 Å². The molecule has 1 saturated heterocycles. The highest BCUT2D eigenvalue weighted by atomic mass is 16.5. The van der Waals surface area contributed by atoms with E-state index in [4.69, 9.17) is 4.74 Å². The van der Waals surface area contributed by atoms with Gasteiger partial charge in [-0.15, -0.1) is 0 Å². The number of hydrogen-bond donors (Lipinski definition) is 2. The van der Waals surface area contributed by atoms with Gasteiger partial charge in [-0.2, -0.15) is 0 Å². The summed E-state index contributed by atoms with van der Waals surface area (Å²) < 4.78 is 5.99. The van der Waals surface area contributed by atoms with Crippen LogP contribution in [0.5, 0.6) is 5.75 Å². The van der Waals surface area contributed by atoms with Crippen molar-refractivity contribution in [3.63, 3.8) is 0 Å². The molecule has 0 aliphatic carbocycles. The van der Waals surface area contributed by atoms with Gasteiger partial charge in [-0.05, 0) is 76.7 Å². The summed E-state index contributed by atoms with van der Waals surface area (Å²) in [5, 5.41) is 5.56. The average molecular weight is 402 g/mol. The molecule has 1 aliphatic heterocycles. The minimum atomic E-state index is -0.371. The van der Waals surface area contributed by atoms with E-state index in [2.05, 4.69) is 32.5 Å². The molecule has 2 amide bonds. The molecule has 0 radical (unpaired) electrons. The third kappa shape index (κ3) is 6.71. The van der Waals surface area contributed by atoms with Crippen LogP contribution in [0.1, 0.15) is 39.8 Å². The lowest BCUT2D eigenvalue weighted by Gasteiger charge is -2.29. The molecule has 7 nitrogen and oxygen atoms in total. The Balaban J connectivity index is 0.00000240. The van der Waals surface area contributed by atoms with Crippen molar-refractivity contribution >= 4 is 17.5 Å². The Bertz CT molecular complexity index is 820. The number of urea groups is 1. The second-order valence-electron chi connectivity index (χ2n) is 7.88. The summed E-state index contributed by atoms with van der Waals surface area (Å²) in [6, 6.07) is 5.43. The van der Waals surface area contributed by atoms with Gasteiger partial charge < -0.3 is 15.0 Å². The van der Waals surface area contributed by atoms with Gasteiger partial charge in [0.15, 0.2) is 5.82 Å². The topological polar surface area (TPSA) is 79.4 Å². The molecule has 160 valence electrons. The Hall–Kier alpha value is -2.67. The molecule has 1 aliphatic rings. The molecule has 1 aromatic heterocycles. The van der Waals surface area contributed by atoms with Crippen LogP contribution in [0.15, 0.2) is 30.6 Å². The number of nitrogens with one attached hydrogen (secondary N) is 2. The van der Waals surface area contributed by atoms with Crippen molar-refractivity contribution in [3.8, 4) is 5.75 Å². The fourth-order valence-corrected chi connectivity index (χ4v) is 3.66. The number of carbonyl (C=O) groups is 1. The van der Waals surface area contributed by atoms with E-state index < -0.39 is 0 Å². The molecule has 0 saturated carbocycles. The van der Waals surface area contributed by atoms with Gasteiger partial charge in [0.2, 0.25) is 0 Å². The average Bonchev–Trinajstić information content (AvgIpc) is 2.68. The number of carbonyl (C=O) groups excluding carboxylic acids is 1. The first kappa shape index (κ1) is 21.0. The first-order chi connectivity index (χ1) is 14.0. The van der Waals surface area contributed by atoms with Gasteiger partial charge in [-0.3, -0.25) is 10.3 Å². The van der Waals surface area contributed by atoms with Crippen molar-refractivity contribution in [2.24, 2.45) is 5.92 Å². The minimum Gasteiger partial charge on any atom is -0.491 e. The Morgan fingerprint density at radius 1 is 1.28 bits per heavy atom. The van der Waals surface area contributed by atoms with Crippen LogP contribution in [-0.2, 0) is 0 Å². The number of piperidine rings is 1. The first-order valence-corrected chi connectivity index (χ1v) is 10.3. The Morgan fingerprint density at radius 2 is 2.14 bits per heavy atom. The number of amides is 2. The van der Waals surface area contributed by atoms with Crippen molar-refractivity contribution < 1.29 is 12.4 Å². The first-order valence-electron chi connectivity index (χ1n) is 10.3. The fourth-order valence-electron chi connectivity index (χ4n) is 3.66. The zero-order valence-corrected chi connectivity index (χ0v) is 17.6. The van der Waals surface area contributed by atoms with Crippen LogP contribution in [0, 0.1) is 19.8 Å². The molecule has 7 heteroatoms.